The number of aryl methyl sites for hydroxylation is 1. The summed E-state index contributed by atoms with van der Waals surface area (Å²) in [7, 11) is 1.90. The van der Waals surface area contributed by atoms with Crippen molar-refractivity contribution >= 4 is 11.0 Å². The number of fused-ring (bicyclic) bond motifs is 2. The minimum absolute atomic E-state index is 0.300. The Hall–Kier alpha value is -1.39. The normalized spacial score (nSPS) is 32.8. The van der Waals surface area contributed by atoms with Gasteiger partial charge >= 0.3 is 0 Å². The summed E-state index contributed by atoms with van der Waals surface area (Å²) in [4.78, 5) is 7.66. The third kappa shape index (κ3) is 3.11. The molecular formula is C23H33N3O. The van der Waals surface area contributed by atoms with E-state index >= 15 is 0 Å². The molecule has 2 heterocycles. The fourth-order valence-corrected chi connectivity index (χ4v) is 6.28. The standard InChI is InChI=1S/C23H33N3O/c1-16-24-20-10-6-7-11-21(20)26(16)22-12-17-14-25(19-8-4-3-5-9-19)15-18(17)13-23(22)27-2/h6-7,10-11,17-19,22-23H,3-5,8-9,12-15H2,1-2H3/t17-,18+,22-,23-/m0/s1. The van der Waals surface area contributed by atoms with Crippen LogP contribution in [0, 0.1) is 18.8 Å². The maximum Gasteiger partial charge on any atom is 0.107 e. The van der Waals surface area contributed by atoms with Crippen LogP contribution in [-0.4, -0.2) is 46.8 Å². The maximum atomic E-state index is 6.05. The van der Waals surface area contributed by atoms with Crippen LogP contribution >= 0.6 is 0 Å². The fraction of sp³-hybridized carbons (Fsp3) is 0.696. The van der Waals surface area contributed by atoms with Crippen LogP contribution in [0.25, 0.3) is 11.0 Å². The Morgan fingerprint density at radius 2 is 1.74 bits per heavy atom. The third-order valence-corrected chi connectivity index (χ3v) is 7.61. The average molecular weight is 368 g/mol. The van der Waals surface area contributed by atoms with Gasteiger partial charge < -0.3 is 9.30 Å². The van der Waals surface area contributed by atoms with E-state index in [2.05, 4.69) is 40.7 Å². The van der Waals surface area contributed by atoms with Gasteiger partial charge in [-0.05, 0) is 56.6 Å². The molecule has 0 radical (unpaired) electrons. The van der Waals surface area contributed by atoms with Crippen molar-refractivity contribution in [3.05, 3.63) is 30.1 Å². The van der Waals surface area contributed by atoms with Crippen LogP contribution in [-0.2, 0) is 4.74 Å². The number of nitrogens with zero attached hydrogens (tertiary/aromatic N) is 3. The first-order valence-corrected chi connectivity index (χ1v) is 10.9. The van der Waals surface area contributed by atoms with Gasteiger partial charge in [-0.3, -0.25) is 4.90 Å². The molecule has 0 N–H and O–H groups in total. The molecule has 146 valence electrons. The molecule has 2 aromatic rings. The van der Waals surface area contributed by atoms with Crippen LogP contribution in [0.1, 0.15) is 56.8 Å². The monoisotopic (exact) mass is 367 g/mol. The highest BCUT2D eigenvalue weighted by molar-refractivity contribution is 5.76. The molecule has 3 fully saturated rings. The Kier molecular flexibility index (Phi) is 4.73. The van der Waals surface area contributed by atoms with Crippen molar-refractivity contribution in [2.24, 2.45) is 11.8 Å². The van der Waals surface area contributed by atoms with Gasteiger partial charge in [0, 0.05) is 26.2 Å². The van der Waals surface area contributed by atoms with E-state index in [-0.39, 0.29) is 0 Å². The predicted molar refractivity (Wildman–Crippen MR) is 109 cm³/mol. The smallest absolute Gasteiger partial charge is 0.107 e. The number of aromatic nitrogens is 2. The first-order chi connectivity index (χ1) is 13.2. The number of para-hydroxylation sites is 2. The van der Waals surface area contributed by atoms with E-state index < -0.39 is 0 Å². The van der Waals surface area contributed by atoms with Gasteiger partial charge in [0.2, 0.25) is 0 Å². The lowest BCUT2D eigenvalue weighted by Crippen LogP contribution is -2.37. The molecule has 5 rings (SSSR count). The molecule has 4 nitrogen and oxygen atoms in total. The Bertz CT molecular complexity index is 794. The van der Waals surface area contributed by atoms with E-state index in [4.69, 9.17) is 9.72 Å². The number of hydrogen-bond donors (Lipinski definition) is 0. The van der Waals surface area contributed by atoms with E-state index in [0.717, 1.165) is 29.2 Å². The van der Waals surface area contributed by atoms with Gasteiger partial charge in [-0.1, -0.05) is 31.4 Å². The molecule has 1 aromatic carbocycles. The molecule has 3 aliphatic rings. The Labute approximate surface area is 162 Å². The molecule has 0 bridgehead atoms. The van der Waals surface area contributed by atoms with Crippen molar-refractivity contribution in [3.63, 3.8) is 0 Å². The van der Waals surface area contributed by atoms with Gasteiger partial charge in [0.05, 0.1) is 23.2 Å². The second-order valence-corrected chi connectivity index (χ2v) is 9.10. The van der Waals surface area contributed by atoms with Crippen LogP contribution in [0.4, 0.5) is 0 Å². The van der Waals surface area contributed by atoms with Gasteiger partial charge in [-0.2, -0.15) is 0 Å². The first kappa shape index (κ1) is 17.7. The predicted octanol–water partition coefficient (Wildman–Crippen LogP) is 4.58. The Morgan fingerprint density at radius 1 is 1.00 bits per heavy atom. The molecule has 1 aromatic heterocycles. The highest BCUT2D eigenvalue weighted by Crippen LogP contribution is 2.45. The van der Waals surface area contributed by atoms with Gasteiger partial charge in [-0.25, -0.2) is 4.98 Å². The minimum Gasteiger partial charge on any atom is -0.379 e. The van der Waals surface area contributed by atoms with Crippen LogP contribution in [0.3, 0.4) is 0 Å². The molecule has 2 aliphatic carbocycles. The van der Waals surface area contributed by atoms with Gasteiger partial charge in [0.15, 0.2) is 0 Å². The van der Waals surface area contributed by atoms with E-state index in [0.29, 0.717) is 12.1 Å². The van der Waals surface area contributed by atoms with Gasteiger partial charge in [0.25, 0.3) is 0 Å². The molecule has 0 spiro atoms. The number of rotatable bonds is 3. The van der Waals surface area contributed by atoms with Crippen molar-refractivity contribution < 1.29 is 4.74 Å². The van der Waals surface area contributed by atoms with Gasteiger partial charge in [0.1, 0.15) is 5.82 Å². The second kappa shape index (κ2) is 7.21. The summed E-state index contributed by atoms with van der Waals surface area (Å²) in [5.41, 5.74) is 2.38. The zero-order valence-corrected chi connectivity index (χ0v) is 16.8. The van der Waals surface area contributed by atoms with Crippen LogP contribution in [0.15, 0.2) is 24.3 Å². The quantitative estimate of drug-likeness (QED) is 0.796. The number of ether oxygens (including phenoxy) is 1. The second-order valence-electron chi connectivity index (χ2n) is 9.10. The lowest BCUT2D eigenvalue weighted by Gasteiger charge is -2.38. The SMILES string of the molecule is CO[C@H]1C[C@@H]2CN(C3CCCCC3)C[C@@H]2C[C@@H]1n1c(C)nc2ccccc21. The molecular weight excluding hydrogens is 334 g/mol. The molecule has 4 heteroatoms. The summed E-state index contributed by atoms with van der Waals surface area (Å²) in [6.45, 7) is 4.75. The molecule has 1 saturated heterocycles. The molecule has 2 saturated carbocycles. The van der Waals surface area contributed by atoms with Crippen molar-refractivity contribution in [3.8, 4) is 0 Å². The lowest BCUT2D eigenvalue weighted by atomic mass is 9.77. The highest BCUT2D eigenvalue weighted by atomic mass is 16.5. The van der Waals surface area contributed by atoms with E-state index in [1.807, 2.05) is 7.11 Å². The maximum absolute atomic E-state index is 6.05. The third-order valence-electron chi connectivity index (χ3n) is 7.61. The number of imidazole rings is 1. The van der Waals surface area contributed by atoms with Crippen LogP contribution in [0.2, 0.25) is 0 Å². The first-order valence-electron chi connectivity index (χ1n) is 10.9. The molecule has 0 unspecified atom stereocenters. The zero-order valence-electron chi connectivity index (χ0n) is 16.8. The minimum atomic E-state index is 0.300. The molecule has 1 aliphatic heterocycles. The van der Waals surface area contributed by atoms with Crippen molar-refractivity contribution in [1.82, 2.24) is 14.5 Å². The highest BCUT2D eigenvalue weighted by Gasteiger charge is 2.45. The summed E-state index contributed by atoms with van der Waals surface area (Å²) in [5, 5.41) is 0. The summed E-state index contributed by atoms with van der Waals surface area (Å²) in [6.07, 6.45) is 9.87. The van der Waals surface area contributed by atoms with Crippen molar-refractivity contribution in [1.29, 1.82) is 0 Å². The topological polar surface area (TPSA) is 30.3 Å². The number of benzene rings is 1. The summed E-state index contributed by atoms with van der Waals surface area (Å²) < 4.78 is 8.53. The van der Waals surface area contributed by atoms with Gasteiger partial charge in [-0.15, -0.1) is 0 Å². The van der Waals surface area contributed by atoms with E-state index in [1.54, 1.807) is 0 Å². The van der Waals surface area contributed by atoms with Crippen LogP contribution < -0.4 is 0 Å². The summed E-state index contributed by atoms with van der Waals surface area (Å²) in [6, 6.07) is 9.83. The number of hydrogen-bond acceptors (Lipinski definition) is 3. The fourth-order valence-electron chi connectivity index (χ4n) is 6.28. The molecule has 4 atom stereocenters. The lowest BCUT2D eigenvalue weighted by molar-refractivity contribution is -0.0000960. The average Bonchev–Trinajstić information content (AvgIpc) is 3.27. The van der Waals surface area contributed by atoms with Crippen molar-refractivity contribution in [2.45, 2.75) is 70.1 Å². The number of methoxy groups -OCH3 is 1. The van der Waals surface area contributed by atoms with Crippen molar-refractivity contribution in [2.75, 3.05) is 20.2 Å². The Balaban J connectivity index is 1.41. The molecule has 27 heavy (non-hydrogen) atoms. The number of likely N-dealkylation sites (tertiary alicyclic amines) is 1. The zero-order chi connectivity index (χ0) is 18.4. The van der Waals surface area contributed by atoms with Crippen LogP contribution in [0.5, 0.6) is 0 Å². The largest absolute Gasteiger partial charge is 0.379 e. The summed E-state index contributed by atoms with van der Waals surface area (Å²) >= 11 is 0. The van der Waals surface area contributed by atoms with E-state index in [9.17, 15) is 0 Å². The van der Waals surface area contributed by atoms with E-state index in [1.165, 1.54) is 63.6 Å². The Morgan fingerprint density at radius 3 is 2.52 bits per heavy atom. The summed E-state index contributed by atoms with van der Waals surface area (Å²) in [5.74, 6) is 2.75. The molecule has 0 amide bonds.